The summed E-state index contributed by atoms with van der Waals surface area (Å²) in [7, 11) is -0.846. The maximum atomic E-state index is 12.6. The maximum absolute atomic E-state index is 12.6. The summed E-state index contributed by atoms with van der Waals surface area (Å²) in [4.78, 5) is 12.5. The molecule has 1 saturated heterocycles. The van der Waals surface area contributed by atoms with Crippen LogP contribution < -0.4 is 0 Å². The van der Waals surface area contributed by atoms with Gasteiger partial charge in [-0.05, 0) is 31.1 Å². The Hall–Kier alpha value is -0.420. The van der Waals surface area contributed by atoms with Gasteiger partial charge in [-0.3, -0.25) is 9.00 Å². The average Bonchev–Trinajstić information content (AvgIpc) is 2.48. The maximum Gasteiger partial charge on any atom is 0.314 e. The largest absolute Gasteiger partial charge is 0.433 e. The predicted molar refractivity (Wildman–Crippen MR) is 90.3 cm³/mol. The molecule has 3 rings (SSSR count). The Morgan fingerprint density at radius 2 is 1.96 bits per heavy atom. The van der Waals surface area contributed by atoms with Crippen LogP contribution >= 0.6 is 0 Å². The molecular weight excluding hydrogens is 312 g/mol. The summed E-state index contributed by atoms with van der Waals surface area (Å²) in [6.45, 7) is 7.88. The van der Waals surface area contributed by atoms with Gasteiger partial charge in [-0.25, -0.2) is 0 Å². The van der Waals surface area contributed by atoms with Gasteiger partial charge in [-0.15, -0.1) is 0 Å². The van der Waals surface area contributed by atoms with Crippen LogP contribution in [0.15, 0.2) is 0 Å². The lowest BCUT2D eigenvalue weighted by Gasteiger charge is -2.62. The van der Waals surface area contributed by atoms with Crippen LogP contribution in [0.2, 0.25) is 0 Å². The second-order valence-corrected chi connectivity index (χ2v) is 9.96. The zero-order valence-electron chi connectivity index (χ0n) is 14.8. The van der Waals surface area contributed by atoms with Crippen molar-refractivity contribution in [3.8, 4) is 0 Å². The van der Waals surface area contributed by atoms with Gasteiger partial charge in [-0.2, -0.15) is 0 Å². The molecule has 4 nitrogen and oxygen atoms in total. The van der Waals surface area contributed by atoms with Gasteiger partial charge >= 0.3 is 5.97 Å². The van der Waals surface area contributed by atoms with Crippen LogP contribution in [0.25, 0.3) is 0 Å². The Morgan fingerprint density at radius 1 is 1.26 bits per heavy atom. The number of carbonyl (C=O) groups excluding carboxylic acids is 1. The van der Waals surface area contributed by atoms with Crippen molar-refractivity contribution in [3.05, 3.63) is 0 Å². The van der Waals surface area contributed by atoms with Crippen LogP contribution in [0.4, 0.5) is 0 Å². The molecule has 1 aliphatic heterocycles. The molecule has 0 amide bonds. The third-order valence-corrected chi connectivity index (χ3v) is 7.47. The lowest BCUT2D eigenvalue weighted by molar-refractivity contribution is -0.359. The van der Waals surface area contributed by atoms with Crippen LogP contribution in [0.1, 0.15) is 59.8 Å². The molecule has 1 unspecified atom stereocenters. The van der Waals surface area contributed by atoms with Crippen molar-refractivity contribution in [2.75, 3.05) is 11.5 Å². The third-order valence-electron chi connectivity index (χ3n) is 5.66. The summed E-state index contributed by atoms with van der Waals surface area (Å²) >= 11 is 0. The normalized spacial score (nSPS) is 40.4. The lowest BCUT2D eigenvalue weighted by Crippen LogP contribution is -2.71. The van der Waals surface area contributed by atoms with Crippen molar-refractivity contribution in [2.24, 2.45) is 23.7 Å². The summed E-state index contributed by atoms with van der Waals surface area (Å²) in [5, 5.41) is 0. The Labute approximate surface area is 142 Å². The van der Waals surface area contributed by atoms with Gasteiger partial charge in [0.15, 0.2) is 0 Å². The summed E-state index contributed by atoms with van der Waals surface area (Å²) in [5.74, 6) is 1.32. The van der Waals surface area contributed by atoms with Crippen LogP contribution in [0.3, 0.4) is 0 Å². The van der Waals surface area contributed by atoms with Gasteiger partial charge in [0.05, 0.1) is 11.5 Å². The first-order chi connectivity index (χ1) is 10.7. The zero-order valence-corrected chi connectivity index (χ0v) is 15.6. The molecule has 1 spiro atoms. The smallest absolute Gasteiger partial charge is 0.314 e. The first-order valence-electron chi connectivity index (χ1n) is 9.02. The van der Waals surface area contributed by atoms with Gasteiger partial charge in [0.1, 0.15) is 0 Å². The van der Waals surface area contributed by atoms with Crippen molar-refractivity contribution in [1.82, 2.24) is 0 Å². The fourth-order valence-electron chi connectivity index (χ4n) is 4.90. The fraction of sp³-hybridized carbons (Fsp3) is 0.944. The van der Waals surface area contributed by atoms with E-state index in [1.54, 1.807) is 0 Å². The summed E-state index contributed by atoms with van der Waals surface area (Å²) in [6, 6.07) is 0. The van der Waals surface area contributed by atoms with Gasteiger partial charge in [0.25, 0.3) is 0 Å². The number of cyclic esters (lactones) is 1. The number of ether oxygens (including phenoxy) is 2. The second kappa shape index (κ2) is 6.14. The van der Waals surface area contributed by atoms with Gasteiger partial charge in [-0.1, -0.05) is 26.7 Å². The number of esters is 1. The molecule has 2 saturated carbocycles. The Kier molecular flexibility index (Phi) is 4.65. The number of carbonyl (C=O) groups is 1. The molecule has 0 bridgehead atoms. The summed E-state index contributed by atoms with van der Waals surface area (Å²) < 4.78 is 24.5. The van der Waals surface area contributed by atoms with Crippen LogP contribution in [-0.4, -0.2) is 33.1 Å². The van der Waals surface area contributed by atoms with Crippen molar-refractivity contribution < 1.29 is 18.5 Å². The Morgan fingerprint density at radius 3 is 2.65 bits per heavy atom. The Balaban J connectivity index is 1.87. The topological polar surface area (TPSA) is 52.6 Å². The van der Waals surface area contributed by atoms with E-state index in [4.69, 9.17) is 9.47 Å². The van der Waals surface area contributed by atoms with Crippen LogP contribution in [0, 0.1) is 23.7 Å². The first kappa shape index (κ1) is 17.4. The van der Waals surface area contributed by atoms with Crippen molar-refractivity contribution >= 4 is 16.8 Å². The molecule has 5 heteroatoms. The van der Waals surface area contributed by atoms with Crippen molar-refractivity contribution in [1.29, 1.82) is 0 Å². The van der Waals surface area contributed by atoms with E-state index in [2.05, 4.69) is 13.8 Å². The molecule has 23 heavy (non-hydrogen) atoms. The monoisotopic (exact) mass is 342 g/mol. The Bertz CT molecular complexity index is 501. The molecule has 0 aromatic rings. The average molecular weight is 343 g/mol. The minimum atomic E-state index is -0.867. The van der Waals surface area contributed by atoms with E-state index < -0.39 is 22.2 Å². The number of rotatable bonds is 4. The van der Waals surface area contributed by atoms with Crippen LogP contribution in [0.5, 0.6) is 0 Å². The van der Waals surface area contributed by atoms with E-state index in [0.29, 0.717) is 17.6 Å². The molecule has 3 aliphatic rings. The molecular formula is C18H30O4S. The van der Waals surface area contributed by atoms with E-state index in [1.807, 2.05) is 13.8 Å². The molecule has 5 atom stereocenters. The highest BCUT2D eigenvalue weighted by Crippen LogP contribution is 2.60. The standard InChI is InChI=1S/C18H30O4S/c1-12(2)10-23(20)11-14-8-6-5-7-13-9-15-16(19)21-17(3,4)22-18(13,14)15/h12-15H,5-11H2,1-4H3/t13-,14-,15+,18-,23?/m1/s1. The summed E-state index contributed by atoms with van der Waals surface area (Å²) in [6.07, 6.45) is 5.34. The first-order valence-corrected chi connectivity index (χ1v) is 10.5. The minimum Gasteiger partial charge on any atom is -0.433 e. The van der Waals surface area contributed by atoms with Gasteiger partial charge in [0.2, 0.25) is 5.79 Å². The third kappa shape index (κ3) is 3.11. The molecule has 1 heterocycles. The van der Waals surface area contributed by atoms with Crippen molar-refractivity contribution in [2.45, 2.75) is 71.2 Å². The quantitative estimate of drug-likeness (QED) is 0.736. The number of hydrogen-bond donors (Lipinski definition) is 0. The van der Waals surface area contributed by atoms with Crippen molar-refractivity contribution in [3.63, 3.8) is 0 Å². The molecule has 2 aliphatic carbocycles. The molecule has 0 aromatic carbocycles. The zero-order chi connectivity index (χ0) is 16.8. The van der Waals surface area contributed by atoms with Crippen LogP contribution in [-0.2, 0) is 25.1 Å². The minimum absolute atomic E-state index is 0.112. The molecule has 132 valence electrons. The number of hydrogen-bond acceptors (Lipinski definition) is 4. The molecule has 0 radical (unpaired) electrons. The predicted octanol–water partition coefficient (Wildman–Crippen LogP) is 3.27. The van der Waals surface area contributed by atoms with E-state index in [0.717, 1.165) is 31.4 Å². The molecule has 3 fully saturated rings. The fourth-order valence-corrected chi connectivity index (χ4v) is 6.66. The highest BCUT2D eigenvalue weighted by molar-refractivity contribution is 7.85. The molecule has 0 aromatic heterocycles. The van der Waals surface area contributed by atoms with E-state index >= 15 is 0 Å². The van der Waals surface area contributed by atoms with E-state index in [-0.39, 0.29) is 17.8 Å². The SMILES string of the molecule is CC(C)CS(=O)C[C@H]1CCCC[C@@H]2C[C@H]3C(=O)OC(C)(C)O[C@]213. The highest BCUT2D eigenvalue weighted by Gasteiger charge is 2.68. The summed E-state index contributed by atoms with van der Waals surface area (Å²) in [5.41, 5.74) is -0.429. The lowest BCUT2D eigenvalue weighted by atomic mass is 9.54. The molecule has 0 N–H and O–H groups in total. The second-order valence-electron chi connectivity index (χ2n) is 8.41. The van der Waals surface area contributed by atoms with E-state index in [9.17, 15) is 9.00 Å². The van der Waals surface area contributed by atoms with Gasteiger partial charge in [0, 0.05) is 42.1 Å². The van der Waals surface area contributed by atoms with E-state index in [1.165, 1.54) is 6.42 Å². The van der Waals surface area contributed by atoms with Gasteiger partial charge < -0.3 is 9.47 Å². The highest BCUT2D eigenvalue weighted by atomic mass is 32.2.